The second-order valence-electron chi connectivity index (χ2n) is 8.19. The van der Waals surface area contributed by atoms with Gasteiger partial charge >= 0.3 is 0 Å². The van der Waals surface area contributed by atoms with Gasteiger partial charge in [-0.25, -0.2) is 4.39 Å². The van der Waals surface area contributed by atoms with E-state index in [0.29, 0.717) is 30.9 Å². The highest BCUT2D eigenvalue weighted by molar-refractivity contribution is 5.78. The molecule has 7 heteroatoms. The molecule has 1 amide bonds. The fraction of sp³-hybridized carbons (Fsp3) is 0.545. The third kappa shape index (κ3) is 5.56. The highest BCUT2D eigenvalue weighted by atomic mass is 19.1. The summed E-state index contributed by atoms with van der Waals surface area (Å²) in [5.74, 6) is 0.643. The Hall–Kier alpha value is -2.41. The highest BCUT2D eigenvalue weighted by Crippen LogP contribution is 2.26. The van der Waals surface area contributed by atoms with Gasteiger partial charge in [0.15, 0.2) is 0 Å². The molecule has 2 N–H and O–H groups in total. The zero-order chi connectivity index (χ0) is 20.1. The normalized spacial score (nSPS) is 20.7. The van der Waals surface area contributed by atoms with E-state index in [2.05, 4.69) is 20.4 Å². The molecule has 0 bridgehead atoms. The standard InChI is InChI=1S/C22H29FN4O2/c23-17-5-4-8-20(11-17)29-15-19-12-21(26-25-19)16-9-10-27(13-16)14-22(28)24-18-6-2-1-3-7-18/h4-5,8,11-12,16,18H,1-3,6-7,9-10,13-15H2,(H,24,28)(H,25,26). The molecule has 0 radical (unpaired) electrons. The molecule has 6 nitrogen and oxygen atoms in total. The number of nitrogens with one attached hydrogen (secondary N) is 2. The van der Waals surface area contributed by atoms with Crippen molar-refractivity contribution in [3.8, 4) is 5.75 Å². The Morgan fingerprint density at radius 2 is 2.10 bits per heavy atom. The van der Waals surface area contributed by atoms with Gasteiger partial charge < -0.3 is 10.1 Å². The molecule has 1 aromatic heterocycles. The first-order valence-electron chi connectivity index (χ1n) is 10.6. The number of carbonyl (C=O) groups excluding carboxylic acids is 1. The third-order valence-corrected chi connectivity index (χ3v) is 5.87. The summed E-state index contributed by atoms with van der Waals surface area (Å²) < 4.78 is 18.8. The molecular formula is C22H29FN4O2. The molecule has 4 rings (SSSR count). The Morgan fingerprint density at radius 1 is 1.24 bits per heavy atom. The van der Waals surface area contributed by atoms with Crippen molar-refractivity contribution in [1.82, 2.24) is 20.4 Å². The summed E-state index contributed by atoms with van der Waals surface area (Å²) in [4.78, 5) is 14.5. The van der Waals surface area contributed by atoms with Crippen molar-refractivity contribution in [2.75, 3.05) is 19.6 Å². The van der Waals surface area contributed by atoms with Crippen molar-refractivity contribution < 1.29 is 13.9 Å². The zero-order valence-corrected chi connectivity index (χ0v) is 16.7. The van der Waals surface area contributed by atoms with Gasteiger partial charge in [-0.1, -0.05) is 25.3 Å². The second-order valence-corrected chi connectivity index (χ2v) is 8.19. The lowest BCUT2D eigenvalue weighted by Crippen LogP contribution is -2.42. The maximum absolute atomic E-state index is 13.2. The largest absolute Gasteiger partial charge is 0.487 e. The minimum atomic E-state index is -0.314. The number of carbonyl (C=O) groups is 1. The van der Waals surface area contributed by atoms with Gasteiger partial charge in [0.05, 0.1) is 17.9 Å². The van der Waals surface area contributed by atoms with Crippen molar-refractivity contribution in [3.63, 3.8) is 0 Å². The Balaban J connectivity index is 1.23. The minimum Gasteiger partial charge on any atom is -0.487 e. The minimum absolute atomic E-state index is 0.142. The van der Waals surface area contributed by atoms with Crippen LogP contribution in [0.5, 0.6) is 5.75 Å². The van der Waals surface area contributed by atoms with Gasteiger partial charge in [-0.3, -0.25) is 14.8 Å². The summed E-state index contributed by atoms with van der Waals surface area (Å²) in [5.41, 5.74) is 1.86. The molecule has 2 fully saturated rings. The number of amides is 1. The molecule has 2 aliphatic rings. The van der Waals surface area contributed by atoms with Crippen LogP contribution in [0, 0.1) is 5.82 Å². The van der Waals surface area contributed by atoms with Crippen LogP contribution in [-0.4, -0.2) is 46.7 Å². The van der Waals surface area contributed by atoms with E-state index < -0.39 is 0 Å². The summed E-state index contributed by atoms with van der Waals surface area (Å²) in [5, 5.41) is 10.6. The molecule has 0 spiro atoms. The van der Waals surface area contributed by atoms with Gasteiger partial charge in [-0.15, -0.1) is 0 Å². The molecule has 1 aliphatic carbocycles. The number of rotatable bonds is 7. The summed E-state index contributed by atoms with van der Waals surface area (Å²) in [6.45, 7) is 2.53. The van der Waals surface area contributed by atoms with E-state index in [9.17, 15) is 9.18 Å². The number of nitrogens with zero attached hydrogens (tertiary/aromatic N) is 2. The van der Waals surface area contributed by atoms with E-state index in [4.69, 9.17) is 4.74 Å². The van der Waals surface area contributed by atoms with E-state index in [1.165, 1.54) is 31.4 Å². The SMILES string of the molecule is O=C(CN1CCC(c2cc(COc3cccc(F)c3)[nH]n2)C1)NC1CCCCC1. The molecule has 1 saturated heterocycles. The lowest BCUT2D eigenvalue weighted by molar-refractivity contribution is -0.122. The molecule has 1 aliphatic heterocycles. The predicted molar refractivity (Wildman–Crippen MR) is 108 cm³/mol. The lowest BCUT2D eigenvalue weighted by atomic mass is 9.95. The number of hydrogen-bond donors (Lipinski definition) is 2. The van der Waals surface area contributed by atoms with E-state index in [1.807, 2.05) is 6.07 Å². The van der Waals surface area contributed by atoms with Crippen molar-refractivity contribution in [2.24, 2.45) is 0 Å². The summed E-state index contributed by atoms with van der Waals surface area (Å²) in [6.07, 6.45) is 6.96. The second kappa shape index (κ2) is 9.39. The number of aromatic amines is 1. The van der Waals surface area contributed by atoms with Crippen LogP contribution in [-0.2, 0) is 11.4 Å². The number of likely N-dealkylation sites (tertiary alicyclic amines) is 1. The van der Waals surface area contributed by atoms with E-state index in [-0.39, 0.29) is 11.7 Å². The summed E-state index contributed by atoms with van der Waals surface area (Å²) in [7, 11) is 0. The molecule has 2 aromatic rings. The van der Waals surface area contributed by atoms with Crippen LogP contribution in [0.25, 0.3) is 0 Å². The van der Waals surface area contributed by atoms with E-state index >= 15 is 0 Å². The molecule has 2 heterocycles. The van der Waals surface area contributed by atoms with Gasteiger partial charge in [0, 0.05) is 24.6 Å². The van der Waals surface area contributed by atoms with Gasteiger partial charge in [0.2, 0.25) is 5.91 Å². The Kier molecular flexibility index (Phi) is 6.44. The fourth-order valence-electron chi connectivity index (χ4n) is 4.32. The number of H-pyrrole nitrogens is 1. The number of ether oxygens (including phenoxy) is 1. The summed E-state index contributed by atoms with van der Waals surface area (Å²) in [6, 6.07) is 8.48. The van der Waals surface area contributed by atoms with Gasteiger partial charge in [-0.2, -0.15) is 5.10 Å². The number of halogens is 1. The van der Waals surface area contributed by atoms with Crippen LogP contribution in [0.2, 0.25) is 0 Å². The van der Waals surface area contributed by atoms with Crippen molar-refractivity contribution in [1.29, 1.82) is 0 Å². The third-order valence-electron chi connectivity index (χ3n) is 5.87. The van der Waals surface area contributed by atoms with Crippen LogP contribution < -0.4 is 10.1 Å². The molecule has 156 valence electrons. The van der Waals surface area contributed by atoms with Crippen LogP contribution in [0.4, 0.5) is 4.39 Å². The van der Waals surface area contributed by atoms with E-state index in [0.717, 1.165) is 43.7 Å². The van der Waals surface area contributed by atoms with Gasteiger partial charge in [-0.05, 0) is 44.0 Å². The predicted octanol–water partition coefficient (Wildman–Crippen LogP) is 3.37. The molecule has 1 atom stereocenters. The first kappa shape index (κ1) is 19.9. The zero-order valence-electron chi connectivity index (χ0n) is 16.7. The lowest BCUT2D eigenvalue weighted by Gasteiger charge is -2.24. The van der Waals surface area contributed by atoms with Crippen molar-refractivity contribution in [2.45, 2.75) is 57.1 Å². The average molecular weight is 400 g/mol. The quantitative estimate of drug-likeness (QED) is 0.748. The molecule has 1 aromatic carbocycles. The Labute approximate surface area is 170 Å². The first-order valence-corrected chi connectivity index (χ1v) is 10.6. The van der Waals surface area contributed by atoms with Crippen LogP contribution in [0.1, 0.15) is 55.8 Å². The summed E-state index contributed by atoms with van der Waals surface area (Å²) >= 11 is 0. The molecule has 1 saturated carbocycles. The van der Waals surface area contributed by atoms with Gasteiger partial charge in [0.25, 0.3) is 0 Å². The number of aromatic nitrogens is 2. The van der Waals surface area contributed by atoms with Gasteiger partial charge in [0.1, 0.15) is 18.2 Å². The topological polar surface area (TPSA) is 70.2 Å². The molecular weight excluding hydrogens is 371 g/mol. The first-order chi connectivity index (χ1) is 14.2. The van der Waals surface area contributed by atoms with E-state index in [1.54, 1.807) is 12.1 Å². The highest BCUT2D eigenvalue weighted by Gasteiger charge is 2.27. The van der Waals surface area contributed by atoms with Crippen LogP contribution in [0.3, 0.4) is 0 Å². The Bertz CT molecular complexity index is 819. The van der Waals surface area contributed by atoms with Crippen molar-refractivity contribution in [3.05, 3.63) is 47.5 Å². The smallest absolute Gasteiger partial charge is 0.234 e. The monoisotopic (exact) mass is 400 g/mol. The molecule has 29 heavy (non-hydrogen) atoms. The maximum Gasteiger partial charge on any atom is 0.234 e. The molecule has 1 unspecified atom stereocenters. The average Bonchev–Trinajstić information content (AvgIpc) is 3.36. The van der Waals surface area contributed by atoms with Crippen LogP contribution in [0.15, 0.2) is 30.3 Å². The Morgan fingerprint density at radius 3 is 2.93 bits per heavy atom. The fourth-order valence-corrected chi connectivity index (χ4v) is 4.32. The number of hydrogen-bond acceptors (Lipinski definition) is 4. The van der Waals surface area contributed by atoms with Crippen molar-refractivity contribution >= 4 is 5.91 Å². The maximum atomic E-state index is 13.2. The number of benzene rings is 1. The van der Waals surface area contributed by atoms with Crippen LogP contribution >= 0.6 is 0 Å².